The zero-order valence-corrected chi connectivity index (χ0v) is 11.5. The van der Waals surface area contributed by atoms with Crippen molar-refractivity contribution in [3.63, 3.8) is 0 Å². The zero-order valence-electron chi connectivity index (χ0n) is 11.5. The Bertz CT molecular complexity index is 524. The molecular weight excluding hydrogens is 268 g/mol. The number of nitrogens with one attached hydrogen (secondary N) is 1. The first-order valence-electron chi connectivity index (χ1n) is 6.09. The van der Waals surface area contributed by atoms with Gasteiger partial charge in [0.15, 0.2) is 11.6 Å². The van der Waals surface area contributed by atoms with E-state index >= 15 is 0 Å². The standard InChI is InChI=1S/C14H17F2NO3/c1-14(2,3)11(7-12(18)19)17-13(20)8-4-5-9(15)10(16)6-8/h4-6,11H,7H2,1-3H3,(H,17,20)(H,18,19). The maximum atomic E-state index is 13.1. The van der Waals surface area contributed by atoms with Crippen LogP contribution in [-0.2, 0) is 4.79 Å². The topological polar surface area (TPSA) is 66.4 Å². The summed E-state index contributed by atoms with van der Waals surface area (Å²) in [6, 6.07) is 2.16. The molecule has 4 nitrogen and oxygen atoms in total. The lowest BCUT2D eigenvalue weighted by Crippen LogP contribution is -2.45. The molecule has 20 heavy (non-hydrogen) atoms. The minimum absolute atomic E-state index is 0.0523. The molecule has 0 aliphatic heterocycles. The molecule has 1 unspecified atom stereocenters. The van der Waals surface area contributed by atoms with Crippen molar-refractivity contribution in [3.05, 3.63) is 35.4 Å². The normalized spacial score (nSPS) is 12.8. The first kappa shape index (κ1) is 16.1. The number of benzene rings is 1. The number of hydrogen-bond acceptors (Lipinski definition) is 2. The molecule has 0 spiro atoms. The summed E-state index contributed by atoms with van der Waals surface area (Å²) in [5.41, 5.74) is -0.532. The maximum absolute atomic E-state index is 13.1. The molecule has 1 amide bonds. The SMILES string of the molecule is CC(C)(C)C(CC(=O)O)NC(=O)c1ccc(F)c(F)c1. The van der Waals surface area contributed by atoms with Gasteiger partial charge in [-0.25, -0.2) is 8.78 Å². The molecule has 0 aromatic heterocycles. The van der Waals surface area contributed by atoms with E-state index < -0.39 is 35.0 Å². The lowest BCUT2D eigenvalue weighted by Gasteiger charge is -2.30. The Morgan fingerprint density at radius 2 is 1.85 bits per heavy atom. The second kappa shape index (κ2) is 5.98. The fourth-order valence-electron chi connectivity index (χ4n) is 1.63. The summed E-state index contributed by atoms with van der Waals surface area (Å²) in [5.74, 6) is -3.84. The molecule has 1 aromatic carbocycles. The van der Waals surface area contributed by atoms with Crippen LogP contribution in [0, 0.1) is 17.0 Å². The minimum atomic E-state index is -1.12. The van der Waals surface area contributed by atoms with Crippen molar-refractivity contribution in [2.45, 2.75) is 33.2 Å². The predicted octanol–water partition coefficient (Wildman–Crippen LogP) is 2.58. The number of carboxylic acid groups (broad SMARTS) is 1. The zero-order chi connectivity index (χ0) is 15.5. The number of hydrogen-bond donors (Lipinski definition) is 2. The van der Waals surface area contributed by atoms with Gasteiger partial charge >= 0.3 is 5.97 Å². The van der Waals surface area contributed by atoms with Crippen molar-refractivity contribution < 1.29 is 23.5 Å². The van der Waals surface area contributed by atoms with Gasteiger partial charge in [-0.2, -0.15) is 0 Å². The van der Waals surface area contributed by atoms with Gasteiger partial charge in [-0.15, -0.1) is 0 Å². The first-order valence-corrected chi connectivity index (χ1v) is 6.09. The molecule has 0 radical (unpaired) electrons. The third-order valence-electron chi connectivity index (χ3n) is 2.91. The van der Waals surface area contributed by atoms with E-state index in [2.05, 4.69) is 5.32 Å². The van der Waals surface area contributed by atoms with Crippen molar-refractivity contribution in [2.75, 3.05) is 0 Å². The summed E-state index contributed by atoms with van der Waals surface area (Å²) in [5, 5.41) is 11.4. The van der Waals surface area contributed by atoms with Gasteiger partial charge in [0, 0.05) is 11.6 Å². The van der Waals surface area contributed by atoms with Gasteiger partial charge in [0.25, 0.3) is 5.91 Å². The predicted molar refractivity (Wildman–Crippen MR) is 69.3 cm³/mol. The first-order chi connectivity index (χ1) is 9.11. The summed E-state index contributed by atoms with van der Waals surface area (Å²) >= 11 is 0. The molecule has 0 fully saturated rings. The molecule has 1 rings (SSSR count). The average molecular weight is 285 g/mol. The summed E-state index contributed by atoms with van der Waals surface area (Å²) in [6.45, 7) is 5.35. The van der Waals surface area contributed by atoms with E-state index in [9.17, 15) is 18.4 Å². The Hall–Kier alpha value is -1.98. The van der Waals surface area contributed by atoms with Crippen molar-refractivity contribution in [1.29, 1.82) is 0 Å². The highest BCUT2D eigenvalue weighted by Gasteiger charge is 2.28. The third-order valence-corrected chi connectivity index (χ3v) is 2.91. The van der Waals surface area contributed by atoms with E-state index in [1.807, 2.05) is 0 Å². The smallest absolute Gasteiger partial charge is 0.305 e. The molecule has 0 bridgehead atoms. The largest absolute Gasteiger partial charge is 0.481 e. The fraction of sp³-hybridized carbons (Fsp3) is 0.429. The lowest BCUT2D eigenvalue weighted by molar-refractivity contribution is -0.138. The molecular formula is C14H17F2NO3. The van der Waals surface area contributed by atoms with Crippen molar-refractivity contribution in [1.82, 2.24) is 5.32 Å². The summed E-state index contributed by atoms with van der Waals surface area (Å²) in [6.07, 6.45) is -0.251. The van der Waals surface area contributed by atoms with Crippen LogP contribution in [0.1, 0.15) is 37.6 Å². The Labute approximate surface area is 115 Å². The molecule has 1 atom stereocenters. The van der Waals surface area contributed by atoms with Crippen molar-refractivity contribution in [2.24, 2.45) is 5.41 Å². The van der Waals surface area contributed by atoms with Crippen LogP contribution < -0.4 is 5.32 Å². The number of aliphatic carboxylic acids is 1. The second-order valence-corrected chi connectivity index (χ2v) is 5.62. The number of carbonyl (C=O) groups is 2. The fourth-order valence-corrected chi connectivity index (χ4v) is 1.63. The Balaban J connectivity index is 2.90. The van der Waals surface area contributed by atoms with Crippen LogP contribution in [0.15, 0.2) is 18.2 Å². The van der Waals surface area contributed by atoms with Crippen molar-refractivity contribution >= 4 is 11.9 Å². The molecule has 0 aliphatic carbocycles. The Morgan fingerprint density at radius 3 is 2.30 bits per heavy atom. The third kappa shape index (κ3) is 4.29. The Kier molecular flexibility index (Phi) is 4.81. The number of amides is 1. The average Bonchev–Trinajstić information content (AvgIpc) is 2.30. The van der Waals surface area contributed by atoms with Gasteiger partial charge < -0.3 is 10.4 Å². The van der Waals surface area contributed by atoms with Crippen LogP contribution in [0.4, 0.5) is 8.78 Å². The number of halogens is 2. The summed E-state index contributed by atoms with van der Waals surface area (Å²) in [4.78, 5) is 22.8. The number of carbonyl (C=O) groups excluding carboxylic acids is 1. The molecule has 0 heterocycles. The molecule has 0 aliphatic rings. The van der Waals surface area contributed by atoms with Gasteiger partial charge in [0.05, 0.1) is 6.42 Å². The quantitative estimate of drug-likeness (QED) is 0.893. The van der Waals surface area contributed by atoms with Crippen LogP contribution in [0.25, 0.3) is 0 Å². The summed E-state index contributed by atoms with van der Waals surface area (Å²) < 4.78 is 25.9. The van der Waals surface area contributed by atoms with E-state index in [1.54, 1.807) is 20.8 Å². The Morgan fingerprint density at radius 1 is 1.25 bits per heavy atom. The van der Waals surface area contributed by atoms with Gasteiger partial charge in [0.1, 0.15) is 0 Å². The van der Waals surface area contributed by atoms with Crippen LogP contribution in [0.5, 0.6) is 0 Å². The minimum Gasteiger partial charge on any atom is -0.481 e. The lowest BCUT2D eigenvalue weighted by atomic mass is 9.84. The maximum Gasteiger partial charge on any atom is 0.305 e. The van der Waals surface area contributed by atoms with E-state index in [-0.39, 0.29) is 12.0 Å². The number of carboxylic acids is 1. The highest BCUT2D eigenvalue weighted by molar-refractivity contribution is 5.94. The van der Waals surface area contributed by atoms with Crippen LogP contribution in [0.3, 0.4) is 0 Å². The molecule has 110 valence electrons. The van der Waals surface area contributed by atoms with Crippen LogP contribution >= 0.6 is 0 Å². The van der Waals surface area contributed by atoms with Gasteiger partial charge in [-0.3, -0.25) is 9.59 Å². The van der Waals surface area contributed by atoms with E-state index in [0.717, 1.165) is 18.2 Å². The number of rotatable bonds is 4. The molecule has 0 saturated carbocycles. The summed E-state index contributed by atoms with van der Waals surface area (Å²) in [7, 11) is 0. The molecule has 2 N–H and O–H groups in total. The second-order valence-electron chi connectivity index (χ2n) is 5.62. The highest BCUT2D eigenvalue weighted by Crippen LogP contribution is 2.22. The van der Waals surface area contributed by atoms with E-state index in [4.69, 9.17) is 5.11 Å². The van der Waals surface area contributed by atoms with E-state index in [0.29, 0.717) is 0 Å². The van der Waals surface area contributed by atoms with Crippen LogP contribution in [-0.4, -0.2) is 23.0 Å². The van der Waals surface area contributed by atoms with Gasteiger partial charge in [0.2, 0.25) is 0 Å². The van der Waals surface area contributed by atoms with Gasteiger partial charge in [-0.1, -0.05) is 20.8 Å². The highest BCUT2D eigenvalue weighted by atomic mass is 19.2. The monoisotopic (exact) mass is 285 g/mol. The molecule has 1 aromatic rings. The molecule has 0 saturated heterocycles. The van der Waals surface area contributed by atoms with Gasteiger partial charge in [-0.05, 0) is 23.6 Å². The van der Waals surface area contributed by atoms with E-state index in [1.165, 1.54) is 0 Å². The molecule has 6 heteroatoms. The van der Waals surface area contributed by atoms with Crippen LogP contribution in [0.2, 0.25) is 0 Å². The van der Waals surface area contributed by atoms with Crippen molar-refractivity contribution in [3.8, 4) is 0 Å².